The van der Waals surface area contributed by atoms with E-state index in [-0.39, 0.29) is 59.4 Å². The fourth-order valence-corrected chi connectivity index (χ4v) is 5.00. The van der Waals surface area contributed by atoms with Gasteiger partial charge in [0.25, 0.3) is 11.8 Å². The third kappa shape index (κ3) is 7.28. The lowest BCUT2D eigenvalue weighted by Crippen LogP contribution is -2.33. The standard InChI is InChI=1S/C34H30N8O8/c1-34(2,3)50-33(45)35-8-7-18-9-19-11-20(10-18)13-37-28(44)24-15-47-32(40-24)26-17-49-30(42-26)22-6-4-5-21(38-22)29-41-25(16-48-29)31-39-23(14-46-31)27(43)36-12-19/h4-6,9-11,14-17H,7-8,12-13H2,1-3H3,(H,35,45)(H,36,43)(H,37,44). The Labute approximate surface area is 283 Å². The van der Waals surface area contributed by atoms with Crippen molar-refractivity contribution in [2.45, 2.75) is 45.9 Å². The summed E-state index contributed by atoms with van der Waals surface area (Å²) < 4.78 is 27.7. The largest absolute Gasteiger partial charge is 0.444 e. The van der Waals surface area contributed by atoms with Crippen molar-refractivity contribution in [2.24, 2.45) is 0 Å². The third-order valence-corrected chi connectivity index (χ3v) is 7.21. The van der Waals surface area contributed by atoms with E-state index in [9.17, 15) is 14.4 Å². The molecule has 12 bridgehead atoms. The SMILES string of the molecule is CC(C)(C)OC(=O)NCCc1cc2cc(c1)CNC(=O)c1coc(n1)-c1coc(n1)-c1cccc(n1)-c1nc(co1)-c1nc(co1)C(=O)NC2. The highest BCUT2D eigenvalue weighted by atomic mass is 16.6. The number of nitrogens with one attached hydrogen (secondary N) is 3. The first-order valence-electron chi connectivity index (χ1n) is 15.5. The molecular formula is C34H30N8O8. The minimum absolute atomic E-state index is 0.0380. The van der Waals surface area contributed by atoms with E-state index in [0.29, 0.717) is 24.4 Å². The number of rotatable bonds is 3. The number of hydrogen-bond acceptors (Lipinski definition) is 13. The van der Waals surface area contributed by atoms with Crippen LogP contribution in [0.15, 0.2) is 79.1 Å². The van der Waals surface area contributed by atoms with Crippen LogP contribution in [0.4, 0.5) is 4.79 Å². The summed E-state index contributed by atoms with van der Waals surface area (Å²) in [5.41, 5.74) is 3.08. The maximum absolute atomic E-state index is 13.1. The van der Waals surface area contributed by atoms with Gasteiger partial charge in [-0.15, -0.1) is 0 Å². The van der Waals surface area contributed by atoms with Crippen LogP contribution in [0.2, 0.25) is 0 Å². The van der Waals surface area contributed by atoms with E-state index < -0.39 is 23.5 Å². The lowest BCUT2D eigenvalue weighted by atomic mass is 10.0. The minimum Gasteiger partial charge on any atom is -0.444 e. The molecule has 0 unspecified atom stereocenters. The second kappa shape index (κ2) is 13.1. The van der Waals surface area contributed by atoms with Gasteiger partial charge in [0.2, 0.25) is 23.6 Å². The van der Waals surface area contributed by atoms with Gasteiger partial charge >= 0.3 is 6.09 Å². The molecule has 0 atom stereocenters. The Kier molecular flexibility index (Phi) is 8.41. The number of benzene rings is 1. The Bertz CT molecular complexity index is 2080. The molecule has 6 heterocycles. The maximum atomic E-state index is 13.1. The van der Waals surface area contributed by atoms with E-state index in [2.05, 4.69) is 40.9 Å². The van der Waals surface area contributed by atoms with Crippen LogP contribution in [0, 0.1) is 0 Å². The Morgan fingerprint density at radius 1 is 0.700 bits per heavy atom. The first-order chi connectivity index (χ1) is 24.1. The number of carbonyl (C=O) groups is 3. The van der Waals surface area contributed by atoms with Gasteiger partial charge < -0.3 is 38.4 Å². The van der Waals surface area contributed by atoms with Crippen molar-refractivity contribution in [3.05, 3.63) is 89.5 Å². The highest BCUT2D eigenvalue weighted by Crippen LogP contribution is 2.27. The van der Waals surface area contributed by atoms with Crippen LogP contribution >= 0.6 is 0 Å². The predicted molar refractivity (Wildman–Crippen MR) is 173 cm³/mol. The van der Waals surface area contributed by atoms with Gasteiger partial charge in [0.15, 0.2) is 22.8 Å². The summed E-state index contributed by atoms with van der Waals surface area (Å²) in [6.07, 6.45) is 5.09. The number of amides is 3. The van der Waals surface area contributed by atoms with E-state index in [1.54, 1.807) is 39.0 Å². The summed E-state index contributed by atoms with van der Waals surface area (Å²) >= 11 is 0. The molecule has 3 amide bonds. The Hall–Kier alpha value is -6.58. The zero-order valence-electron chi connectivity index (χ0n) is 27.1. The van der Waals surface area contributed by atoms with Crippen molar-refractivity contribution in [1.82, 2.24) is 40.9 Å². The number of fused-ring (bicyclic) bond motifs is 16. The van der Waals surface area contributed by atoms with E-state index in [1.165, 1.54) is 25.1 Å². The van der Waals surface area contributed by atoms with Crippen LogP contribution < -0.4 is 16.0 Å². The molecule has 0 spiro atoms. The number of oxazole rings is 4. The van der Waals surface area contributed by atoms with Crippen LogP contribution in [0.3, 0.4) is 0 Å². The van der Waals surface area contributed by atoms with Crippen LogP contribution in [0.1, 0.15) is 58.4 Å². The van der Waals surface area contributed by atoms with Crippen molar-refractivity contribution in [3.8, 4) is 46.3 Å². The second-order valence-corrected chi connectivity index (χ2v) is 12.3. The molecule has 254 valence electrons. The molecule has 7 rings (SSSR count). The highest BCUT2D eigenvalue weighted by Gasteiger charge is 2.21. The molecule has 0 fully saturated rings. The number of aromatic nitrogens is 5. The van der Waals surface area contributed by atoms with Crippen LogP contribution in [0.25, 0.3) is 46.3 Å². The van der Waals surface area contributed by atoms with Crippen LogP contribution in [0.5, 0.6) is 0 Å². The molecule has 16 nitrogen and oxygen atoms in total. The molecule has 6 aromatic rings. The van der Waals surface area contributed by atoms with Crippen molar-refractivity contribution >= 4 is 17.9 Å². The van der Waals surface area contributed by atoms with Crippen molar-refractivity contribution in [2.75, 3.05) is 6.54 Å². The predicted octanol–water partition coefficient (Wildman–Crippen LogP) is 4.94. The normalized spacial score (nSPS) is 13.2. The number of carbonyl (C=O) groups excluding carboxylic acids is 3. The van der Waals surface area contributed by atoms with Crippen molar-refractivity contribution in [3.63, 3.8) is 0 Å². The monoisotopic (exact) mass is 678 g/mol. The third-order valence-electron chi connectivity index (χ3n) is 7.21. The molecular weight excluding hydrogens is 648 g/mol. The molecule has 50 heavy (non-hydrogen) atoms. The molecule has 0 saturated carbocycles. The van der Waals surface area contributed by atoms with Crippen LogP contribution in [-0.2, 0) is 24.2 Å². The molecule has 16 heteroatoms. The molecule has 1 aromatic carbocycles. The zero-order chi connectivity index (χ0) is 34.8. The van der Waals surface area contributed by atoms with Crippen molar-refractivity contribution < 1.29 is 36.8 Å². The minimum atomic E-state index is -0.628. The van der Waals surface area contributed by atoms with E-state index >= 15 is 0 Å². The smallest absolute Gasteiger partial charge is 0.407 e. The van der Waals surface area contributed by atoms with E-state index in [0.717, 1.165) is 16.7 Å². The molecule has 3 N–H and O–H groups in total. The fourth-order valence-electron chi connectivity index (χ4n) is 5.00. The number of pyridine rings is 1. The summed E-state index contributed by atoms with van der Waals surface area (Å²) in [4.78, 5) is 60.4. The first kappa shape index (κ1) is 32.0. The summed E-state index contributed by atoms with van der Waals surface area (Å²) in [5, 5.41) is 8.45. The van der Waals surface area contributed by atoms with Gasteiger partial charge in [0, 0.05) is 19.6 Å². The number of alkyl carbamates (subject to hydrolysis) is 1. The molecule has 1 aliphatic heterocycles. The summed E-state index contributed by atoms with van der Waals surface area (Å²) in [7, 11) is 0. The fraction of sp³-hybridized carbons (Fsp3) is 0.235. The van der Waals surface area contributed by atoms with Gasteiger partial charge in [-0.1, -0.05) is 24.3 Å². The summed E-state index contributed by atoms with van der Waals surface area (Å²) in [6, 6.07) is 10.8. The van der Waals surface area contributed by atoms with Crippen molar-refractivity contribution in [1.29, 1.82) is 0 Å². The maximum Gasteiger partial charge on any atom is 0.407 e. The molecule has 0 aliphatic carbocycles. The molecule has 5 aromatic heterocycles. The zero-order valence-corrected chi connectivity index (χ0v) is 27.1. The first-order valence-corrected chi connectivity index (χ1v) is 15.5. The topological polar surface area (TPSA) is 214 Å². The summed E-state index contributed by atoms with van der Waals surface area (Å²) in [6.45, 7) is 5.93. The average Bonchev–Trinajstić information content (AvgIpc) is 3.91. The highest BCUT2D eigenvalue weighted by molar-refractivity contribution is 5.93. The quantitative estimate of drug-likeness (QED) is 0.226. The van der Waals surface area contributed by atoms with E-state index in [4.69, 9.17) is 22.4 Å². The van der Waals surface area contributed by atoms with Gasteiger partial charge in [-0.2, -0.15) is 0 Å². The molecule has 0 saturated heterocycles. The number of nitrogens with zero attached hydrogens (tertiary/aromatic N) is 5. The lowest BCUT2D eigenvalue weighted by Gasteiger charge is -2.19. The number of ether oxygens (including phenoxy) is 1. The van der Waals surface area contributed by atoms with Gasteiger partial charge in [0.1, 0.15) is 42.0 Å². The van der Waals surface area contributed by atoms with Gasteiger partial charge in [-0.3, -0.25) is 9.59 Å². The molecule has 0 radical (unpaired) electrons. The van der Waals surface area contributed by atoms with Crippen LogP contribution in [-0.4, -0.2) is 55.0 Å². The second-order valence-electron chi connectivity index (χ2n) is 12.3. The Morgan fingerprint density at radius 3 is 1.66 bits per heavy atom. The molecule has 1 aliphatic rings. The van der Waals surface area contributed by atoms with E-state index in [1.807, 2.05) is 18.2 Å². The van der Waals surface area contributed by atoms with Gasteiger partial charge in [-0.25, -0.2) is 29.7 Å². The number of hydrogen-bond donors (Lipinski definition) is 3. The van der Waals surface area contributed by atoms with Gasteiger partial charge in [0.05, 0.1) is 0 Å². The Balaban J connectivity index is 1.18. The summed E-state index contributed by atoms with van der Waals surface area (Å²) in [5.74, 6) is -0.454. The average molecular weight is 679 g/mol. The Morgan fingerprint density at radius 2 is 1.16 bits per heavy atom. The lowest BCUT2D eigenvalue weighted by molar-refractivity contribution is 0.0528. The van der Waals surface area contributed by atoms with Gasteiger partial charge in [-0.05, 0) is 56.0 Å².